The molecule has 178 valence electrons. The summed E-state index contributed by atoms with van der Waals surface area (Å²) in [7, 11) is 0. The van der Waals surface area contributed by atoms with Gasteiger partial charge in [0.25, 0.3) is 11.8 Å². The Kier molecular flexibility index (Phi) is 6.79. The number of rotatable bonds is 8. The van der Waals surface area contributed by atoms with Gasteiger partial charge in [0.05, 0.1) is 0 Å². The third-order valence-corrected chi connectivity index (χ3v) is 6.95. The number of aryl methyl sites for hydroxylation is 1. The van der Waals surface area contributed by atoms with Gasteiger partial charge < -0.3 is 21.0 Å². The first-order valence-electron chi connectivity index (χ1n) is 10.3. The fraction of sp³-hybridized carbons (Fsp3) is 0.350. The first kappa shape index (κ1) is 23.6. The summed E-state index contributed by atoms with van der Waals surface area (Å²) >= 11 is 2.28. The third kappa shape index (κ3) is 4.59. The number of β-lactam (4-membered cyclic amide) rings is 1. The second kappa shape index (κ2) is 9.77. The first-order valence-corrected chi connectivity index (χ1v) is 12.1. The number of carbonyl (C=O) groups excluding carboxylic acids is 2. The van der Waals surface area contributed by atoms with Crippen molar-refractivity contribution in [2.24, 2.45) is 5.16 Å². The van der Waals surface area contributed by atoms with Gasteiger partial charge in [-0.25, -0.2) is 9.36 Å². The lowest BCUT2D eigenvalue weighted by Gasteiger charge is -2.49. The number of aliphatic carboxylic acids is 1. The Balaban J connectivity index is 1.53. The topological polar surface area (TPSA) is 164 Å². The fourth-order valence-corrected chi connectivity index (χ4v) is 5.40. The van der Waals surface area contributed by atoms with Crippen molar-refractivity contribution in [1.82, 2.24) is 19.6 Å². The zero-order chi connectivity index (χ0) is 24.4. The van der Waals surface area contributed by atoms with Crippen LogP contribution in [0.5, 0.6) is 0 Å². The number of anilines is 1. The lowest BCUT2D eigenvalue weighted by molar-refractivity contribution is -0.689. The average Bonchev–Trinajstić information content (AvgIpc) is 3.23. The van der Waals surface area contributed by atoms with E-state index >= 15 is 0 Å². The minimum atomic E-state index is -1.19. The molecule has 12 nitrogen and oxygen atoms in total. The number of carboxylic acid groups (broad SMARTS) is 1. The number of nitrogens with two attached hydrogens (primary N) is 1. The number of nitrogens with one attached hydrogen (secondary N) is 1. The smallest absolute Gasteiger partial charge is 0.352 e. The Morgan fingerprint density at radius 1 is 1.47 bits per heavy atom. The zero-order valence-electron chi connectivity index (χ0n) is 18.3. The normalized spacial score (nSPS) is 20.0. The van der Waals surface area contributed by atoms with Gasteiger partial charge in [0.15, 0.2) is 24.1 Å². The van der Waals surface area contributed by atoms with Crippen LogP contribution >= 0.6 is 23.3 Å². The van der Waals surface area contributed by atoms with Crippen LogP contribution < -0.4 is 15.6 Å². The molecule has 1 unspecified atom stereocenters. The molecule has 0 spiro atoms. The predicted octanol–water partition coefficient (Wildman–Crippen LogP) is -0.104. The highest BCUT2D eigenvalue weighted by Gasteiger charge is 2.54. The fourth-order valence-electron chi connectivity index (χ4n) is 3.63. The van der Waals surface area contributed by atoms with Crippen molar-refractivity contribution in [3.63, 3.8) is 0 Å². The highest BCUT2D eigenvalue weighted by Crippen LogP contribution is 2.40. The predicted molar refractivity (Wildman–Crippen MR) is 124 cm³/mol. The van der Waals surface area contributed by atoms with Crippen LogP contribution in [0.2, 0.25) is 0 Å². The maximum Gasteiger partial charge on any atom is 0.352 e. The van der Waals surface area contributed by atoms with E-state index in [9.17, 15) is 19.5 Å². The molecule has 2 aliphatic heterocycles. The molecule has 0 aliphatic carbocycles. The van der Waals surface area contributed by atoms with Crippen LogP contribution in [0, 0.1) is 6.92 Å². The van der Waals surface area contributed by atoms with Crippen molar-refractivity contribution >= 4 is 51.9 Å². The molecule has 2 aromatic heterocycles. The maximum absolute atomic E-state index is 12.9. The van der Waals surface area contributed by atoms with Gasteiger partial charge in [0.2, 0.25) is 11.5 Å². The number of pyridine rings is 1. The van der Waals surface area contributed by atoms with Gasteiger partial charge in [-0.3, -0.25) is 14.5 Å². The Morgan fingerprint density at radius 3 is 2.91 bits per heavy atom. The van der Waals surface area contributed by atoms with Crippen LogP contribution in [0.1, 0.15) is 18.3 Å². The molecule has 34 heavy (non-hydrogen) atoms. The van der Waals surface area contributed by atoms with Crippen molar-refractivity contribution < 1.29 is 28.9 Å². The van der Waals surface area contributed by atoms with Gasteiger partial charge >= 0.3 is 5.97 Å². The summed E-state index contributed by atoms with van der Waals surface area (Å²) in [6, 6.07) is 2.89. The van der Waals surface area contributed by atoms with E-state index in [0.29, 0.717) is 17.9 Å². The van der Waals surface area contributed by atoms with E-state index in [1.807, 2.05) is 36.0 Å². The summed E-state index contributed by atoms with van der Waals surface area (Å²) in [4.78, 5) is 48.1. The van der Waals surface area contributed by atoms with Crippen LogP contribution in [0.25, 0.3) is 0 Å². The minimum Gasteiger partial charge on any atom is -0.477 e. The number of hydrogen-bond donors (Lipinski definition) is 3. The molecule has 0 bridgehead atoms. The average molecular weight is 505 g/mol. The number of carbonyl (C=O) groups is 3. The summed E-state index contributed by atoms with van der Waals surface area (Å²) in [6.07, 6.45) is 3.75. The third-order valence-electron chi connectivity index (χ3n) is 5.07. The van der Waals surface area contributed by atoms with E-state index in [1.165, 1.54) is 16.7 Å². The molecule has 2 amide bonds. The van der Waals surface area contributed by atoms with Crippen LogP contribution in [0.3, 0.4) is 0 Å². The molecule has 2 aromatic rings. The van der Waals surface area contributed by atoms with Crippen molar-refractivity contribution in [3.05, 3.63) is 47.2 Å². The quantitative estimate of drug-likeness (QED) is 0.193. The van der Waals surface area contributed by atoms with Crippen LogP contribution in [0.15, 0.2) is 41.0 Å². The van der Waals surface area contributed by atoms with Gasteiger partial charge in [-0.15, -0.1) is 11.8 Å². The summed E-state index contributed by atoms with van der Waals surface area (Å²) in [5.41, 5.74) is 6.98. The van der Waals surface area contributed by atoms with E-state index in [2.05, 4.69) is 19.8 Å². The summed E-state index contributed by atoms with van der Waals surface area (Å²) < 4.78 is 5.85. The molecule has 0 radical (unpaired) electrons. The summed E-state index contributed by atoms with van der Waals surface area (Å²) in [5, 5.41) is 15.8. The van der Waals surface area contributed by atoms with E-state index in [0.717, 1.165) is 17.1 Å². The molecule has 1 saturated heterocycles. The highest BCUT2D eigenvalue weighted by molar-refractivity contribution is 8.00. The molecular formula is C20H22N7O5S2+. The van der Waals surface area contributed by atoms with Crippen LogP contribution in [-0.2, 0) is 25.8 Å². The van der Waals surface area contributed by atoms with Gasteiger partial charge in [-0.05, 0) is 19.9 Å². The number of hydrogen-bond acceptors (Lipinski definition) is 10. The number of oxime groups is 1. The molecule has 1 fully saturated rings. The summed E-state index contributed by atoms with van der Waals surface area (Å²) in [6.45, 7) is 4.19. The number of amides is 2. The molecule has 2 aliphatic rings. The number of aromatic nitrogens is 3. The van der Waals surface area contributed by atoms with Crippen molar-refractivity contribution in [1.29, 1.82) is 0 Å². The van der Waals surface area contributed by atoms with Crippen molar-refractivity contribution in [2.75, 3.05) is 18.1 Å². The van der Waals surface area contributed by atoms with E-state index in [1.54, 1.807) is 6.92 Å². The molecule has 14 heteroatoms. The van der Waals surface area contributed by atoms with Crippen molar-refractivity contribution in [2.45, 2.75) is 31.8 Å². The van der Waals surface area contributed by atoms with Crippen LogP contribution in [-0.4, -0.2) is 66.6 Å². The maximum atomic E-state index is 12.9. The van der Waals surface area contributed by atoms with E-state index in [4.69, 9.17) is 10.6 Å². The Morgan fingerprint density at radius 2 is 2.26 bits per heavy atom. The molecule has 4 heterocycles. The second-order valence-electron chi connectivity index (χ2n) is 7.49. The monoisotopic (exact) mass is 504 g/mol. The SMILES string of the molecule is CCO/N=C(\C(=O)NC1C(=O)N2C(C(=O)O)=C(C[n+]3cccc(C)c3)CS[C@H]12)c1nsc(N)n1. The van der Waals surface area contributed by atoms with Gasteiger partial charge in [-0.1, -0.05) is 5.16 Å². The number of nitrogens with zero attached hydrogens (tertiary/aromatic N) is 5. The molecule has 2 atom stereocenters. The largest absolute Gasteiger partial charge is 0.477 e. The standard InChI is InChI=1S/C20H21N7O5S2/c1-3-32-24-12(15-23-20(21)34-25-15)16(28)22-13-17(29)27-14(19(30)31)11(9-33-18(13)27)8-26-6-4-5-10(2)7-26/h4-7,13,18H,3,8-9H2,1-2H3,(H3-,21,22,23,25,28,30,31)/p+1/b24-12-/t13?,18-/m1/s1. The highest BCUT2D eigenvalue weighted by atomic mass is 32.2. The number of carboxylic acids is 1. The molecule has 0 aromatic carbocycles. The molecule has 4 N–H and O–H groups in total. The zero-order valence-corrected chi connectivity index (χ0v) is 19.9. The van der Waals surface area contributed by atoms with E-state index in [-0.39, 0.29) is 29.0 Å². The number of fused-ring (bicyclic) bond motifs is 1. The first-order chi connectivity index (χ1) is 16.3. The Hall–Kier alpha value is -3.52. The van der Waals surface area contributed by atoms with Crippen LogP contribution in [0.4, 0.5) is 5.13 Å². The minimum absolute atomic E-state index is 0.0167. The molecular weight excluding hydrogens is 482 g/mol. The number of thioether (sulfide) groups is 1. The second-order valence-corrected chi connectivity index (χ2v) is 9.37. The van der Waals surface area contributed by atoms with E-state index < -0.39 is 29.2 Å². The number of nitrogen functional groups attached to an aromatic ring is 1. The lowest BCUT2D eigenvalue weighted by Crippen LogP contribution is -2.71. The lowest BCUT2D eigenvalue weighted by atomic mass is 10.0. The summed E-state index contributed by atoms with van der Waals surface area (Å²) in [5.74, 6) is -2.04. The van der Waals surface area contributed by atoms with Gasteiger partial charge in [0, 0.05) is 34.5 Å². The molecule has 0 saturated carbocycles. The van der Waals surface area contributed by atoms with Gasteiger partial charge in [-0.2, -0.15) is 9.36 Å². The van der Waals surface area contributed by atoms with Crippen molar-refractivity contribution in [3.8, 4) is 0 Å². The Bertz CT molecular complexity index is 1210. The molecule has 4 rings (SSSR count). The Labute approximate surface area is 202 Å². The van der Waals surface area contributed by atoms with Gasteiger partial charge in [0.1, 0.15) is 23.7 Å².